The second-order valence-electron chi connectivity index (χ2n) is 4.55. The van der Waals surface area contributed by atoms with E-state index in [9.17, 15) is 0 Å². The maximum absolute atomic E-state index is 3.58. The van der Waals surface area contributed by atoms with Gasteiger partial charge in [-0.25, -0.2) is 0 Å². The highest BCUT2D eigenvalue weighted by Crippen LogP contribution is 2.20. The van der Waals surface area contributed by atoms with E-state index in [4.69, 9.17) is 0 Å². The minimum Gasteiger partial charge on any atom is -0.309 e. The molecule has 2 nitrogen and oxygen atoms in total. The molecule has 0 spiro atoms. The number of rotatable bonds is 5. The molecule has 1 aliphatic rings. The second-order valence-corrected chi connectivity index (χ2v) is 6.84. The average molecular weight is 303 g/mol. The van der Waals surface area contributed by atoms with Crippen LogP contribution in [0, 0.1) is 0 Å². The standard InChI is InChI=1S/C12H19BrN2S/c1-10(8-15-4-2-3-5-15)14-7-11-6-12(13)16-9-11/h6,9-10,14H,2-5,7-8H2,1H3. The smallest absolute Gasteiger partial charge is 0.0701 e. The third kappa shape index (κ3) is 3.84. The van der Waals surface area contributed by atoms with Gasteiger partial charge in [0, 0.05) is 19.1 Å². The molecule has 1 atom stereocenters. The van der Waals surface area contributed by atoms with E-state index in [1.807, 2.05) is 0 Å². The predicted octanol–water partition coefficient (Wildman–Crippen LogP) is 3.08. The molecule has 1 fully saturated rings. The quantitative estimate of drug-likeness (QED) is 0.899. The summed E-state index contributed by atoms with van der Waals surface area (Å²) in [7, 11) is 0. The fourth-order valence-corrected chi connectivity index (χ4v) is 3.36. The number of hydrogen-bond acceptors (Lipinski definition) is 3. The number of thiophene rings is 1. The Morgan fingerprint density at radius 3 is 2.88 bits per heavy atom. The van der Waals surface area contributed by atoms with Crippen LogP contribution in [0.5, 0.6) is 0 Å². The molecule has 0 amide bonds. The summed E-state index contributed by atoms with van der Waals surface area (Å²) in [6, 6.07) is 2.78. The zero-order valence-corrected chi connectivity index (χ0v) is 12.1. The second kappa shape index (κ2) is 6.15. The molecular weight excluding hydrogens is 284 g/mol. The van der Waals surface area contributed by atoms with Gasteiger partial charge in [-0.3, -0.25) is 0 Å². The molecule has 1 aromatic heterocycles. The highest BCUT2D eigenvalue weighted by Gasteiger charge is 2.14. The third-order valence-electron chi connectivity index (χ3n) is 3.01. The molecule has 2 heterocycles. The van der Waals surface area contributed by atoms with Gasteiger partial charge >= 0.3 is 0 Å². The van der Waals surface area contributed by atoms with Gasteiger partial charge in [0.25, 0.3) is 0 Å². The molecule has 2 rings (SSSR count). The van der Waals surface area contributed by atoms with E-state index in [0.717, 1.165) is 6.54 Å². The monoisotopic (exact) mass is 302 g/mol. The van der Waals surface area contributed by atoms with Crippen LogP contribution in [0.1, 0.15) is 25.3 Å². The zero-order valence-electron chi connectivity index (χ0n) is 9.71. The number of likely N-dealkylation sites (tertiary alicyclic amines) is 1. The van der Waals surface area contributed by atoms with E-state index in [2.05, 4.69) is 44.5 Å². The van der Waals surface area contributed by atoms with Gasteiger partial charge in [-0.05, 0) is 65.8 Å². The molecule has 4 heteroatoms. The van der Waals surface area contributed by atoms with Gasteiger partial charge in [0.15, 0.2) is 0 Å². The Bertz CT molecular complexity index is 321. The van der Waals surface area contributed by atoms with Crippen LogP contribution in [-0.2, 0) is 6.54 Å². The molecule has 0 radical (unpaired) electrons. The Hall–Kier alpha value is 0.100. The van der Waals surface area contributed by atoms with Crippen molar-refractivity contribution >= 4 is 27.3 Å². The molecule has 1 aliphatic heterocycles. The van der Waals surface area contributed by atoms with Crippen molar-refractivity contribution in [1.29, 1.82) is 0 Å². The van der Waals surface area contributed by atoms with Crippen LogP contribution in [0.4, 0.5) is 0 Å². The highest BCUT2D eigenvalue weighted by molar-refractivity contribution is 9.11. The lowest BCUT2D eigenvalue weighted by atomic mass is 10.2. The fraction of sp³-hybridized carbons (Fsp3) is 0.667. The van der Waals surface area contributed by atoms with Gasteiger partial charge in [-0.15, -0.1) is 11.3 Å². The predicted molar refractivity (Wildman–Crippen MR) is 74.0 cm³/mol. The first kappa shape index (κ1) is 12.6. The Balaban J connectivity index is 1.68. The van der Waals surface area contributed by atoms with Gasteiger partial charge in [0.1, 0.15) is 0 Å². The summed E-state index contributed by atoms with van der Waals surface area (Å²) in [4.78, 5) is 2.56. The van der Waals surface area contributed by atoms with Crippen molar-refractivity contribution in [2.45, 2.75) is 32.4 Å². The summed E-state index contributed by atoms with van der Waals surface area (Å²) < 4.78 is 1.22. The van der Waals surface area contributed by atoms with Crippen LogP contribution in [-0.4, -0.2) is 30.6 Å². The SMILES string of the molecule is CC(CN1CCCC1)NCc1csc(Br)c1. The molecule has 1 saturated heterocycles. The Kier molecular flexibility index (Phi) is 4.82. The fourth-order valence-electron chi connectivity index (χ4n) is 2.15. The van der Waals surface area contributed by atoms with Crippen LogP contribution in [0.25, 0.3) is 0 Å². The van der Waals surface area contributed by atoms with Crippen molar-refractivity contribution in [2.75, 3.05) is 19.6 Å². The van der Waals surface area contributed by atoms with Crippen LogP contribution in [0.15, 0.2) is 15.2 Å². The summed E-state index contributed by atoms with van der Waals surface area (Å²) >= 11 is 5.25. The third-order valence-corrected chi connectivity index (χ3v) is 4.56. The number of hydrogen-bond donors (Lipinski definition) is 1. The van der Waals surface area contributed by atoms with E-state index >= 15 is 0 Å². The van der Waals surface area contributed by atoms with Gasteiger partial charge in [0.05, 0.1) is 3.79 Å². The maximum atomic E-state index is 3.58. The van der Waals surface area contributed by atoms with Crippen molar-refractivity contribution in [3.8, 4) is 0 Å². The van der Waals surface area contributed by atoms with Crippen molar-refractivity contribution in [2.24, 2.45) is 0 Å². The molecule has 0 saturated carbocycles. The minimum atomic E-state index is 0.580. The van der Waals surface area contributed by atoms with Gasteiger partial charge in [-0.2, -0.15) is 0 Å². The van der Waals surface area contributed by atoms with Crippen LogP contribution < -0.4 is 5.32 Å². The first-order chi connectivity index (χ1) is 7.74. The van der Waals surface area contributed by atoms with Crippen LogP contribution >= 0.6 is 27.3 Å². The lowest BCUT2D eigenvalue weighted by Crippen LogP contribution is -2.37. The summed E-state index contributed by atoms with van der Waals surface area (Å²) in [5.74, 6) is 0. The topological polar surface area (TPSA) is 15.3 Å². The average Bonchev–Trinajstić information content (AvgIpc) is 2.87. The first-order valence-electron chi connectivity index (χ1n) is 5.92. The molecule has 90 valence electrons. The largest absolute Gasteiger partial charge is 0.309 e. The number of nitrogens with zero attached hydrogens (tertiary/aromatic N) is 1. The molecule has 16 heavy (non-hydrogen) atoms. The molecule has 1 N–H and O–H groups in total. The number of nitrogens with one attached hydrogen (secondary N) is 1. The van der Waals surface area contributed by atoms with E-state index in [-0.39, 0.29) is 0 Å². The summed E-state index contributed by atoms with van der Waals surface area (Å²) in [5.41, 5.74) is 1.38. The van der Waals surface area contributed by atoms with Crippen molar-refractivity contribution in [1.82, 2.24) is 10.2 Å². The molecule has 0 aromatic carbocycles. The first-order valence-corrected chi connectivity index (χ1v) is 7.60. The van der Waals surface area contributed by atoms with E-state index in [1.165, 1.54) is 41.8 Å². The van der Waals surface area contributed by atoms with E-state index in [1.54, 1.807) is 11.3 Å². The summed E-state index contributed by atoms with van der Waals surface area (Å²) in [6.07, 6.45) is 2.76. The number of halogens is 1. The van der Waals surface area contributed by atoms with Crippen LogP contribution in [0.2, 0.25) is 0 Å². The Morgan fingerprint density at radius 2 is 2.25 bits per heavy atom. The molecular formula is C12H19BrN2S. The van der Waals surface area contributed by atoms with Gasteiger partial charge in [-0.1, -0.05) is 0 Å². The lowest BCUT2D eigenvalue weighted by Gasteiger charge is -2.21. The van der Waals surface area contributed by atoms with Crippen LogP contribution in [0.3, 0.4) is 0 Å². The summed E-state index contributed by atoms with van der Waals surface area (Å²) in [5, 5.41) is 5.79. The van der Waals surface area contributed by atoms with Gasteiger partial charge < -0.3 is 10.2 Å². The maximum Gasteiger partial charge on any atom is 0.0701 e. The van der Waals surface area contributed by atoms with Gasteiger partial charge in [0.2, 0.25) is 0 Å². The van der Waals surface area contributed by atoms with Crippen molar-refractivity contribution in [3.63, 3.8) is 0 Å². The van der Waals surface area contributed by atoms with Crippen molar-refractivity contribution in [3.05, 3.63) is 20.8 Å². The Labute approximate surface area is 110 Å². The van der Waals surface area contributed by atoms with E-state index < -0.39 is 0 Å². The molecule has 1 aromatic rings. The normalized spacial score (nSPS) is 19.1. The lowest BCUT2D eigenvalue weighted by molar-refractivity contribution is 0.298. The van der Waals surface area contributed by atoms with E-state index in [0.29, 0.717) is 6.04 Å². The zero-order chi connectivity index (χ0) is 11.4. The molecule has 0 bridgehead atoms. The van der Waals surface area contributed by atoms with Crippen molar-refractivity contribution < 1.29 is 0 Å². The Morgan fingerprint density at radius 1 is 1.50 bits per heavy atom. The minimum absolute atomic E-state index is 0.580. The highest BCUT2D eigenvalue weighted by atomic mass is 79.9. The summed E-state index contributed by atoms with van der Waals surface area (Å²) in [6.45, 7) is 7.02. The molecule has 0 aliphatic carbocycles. The molecule has 1 unspecified atom stereocenters.